The second-order valence-electron chi connectivity index (χ2n) is 3.82. The highest BCUT2D eigenvalue weighted by molar-refractivity contribution is 5.84. The molecule has 0 saturated carbocycles. The van der Waals surface area contributed by atoms with E-state index < -0.39 is 12.0 Å². The fourth-order valence-electron chi connectivity index (χ4n) is 1.62. The van der Waals surface area contributed by atoms with Crippen molar-refractivity contribution in [1.29, 1.82) is 0 Å². The number of aromatic amines is 1. The number of hydrogen-bond donors (Lipinski definition) is 4. The van der Waals surface area contributed by atoms with Gasteiger partial charge in [0, 0.05) is 30.1 Å². The van der Waals surface area contributed by atoms with Crippen LogP contribution in [0.1, 0.15) is 12.5 Å². The Morgan fingerprint density at radius 1 is 1.44 bits per heavy atom. The van der Waals surface area contributed by atoms with Crippen molar-refractivity contribution in [3.63, 3.8) is 0 Å². The van der Waals surface area contributed by atoms with Crippen molar-refractivity contribution in [3.8, 4) is 0 Å². The lowest BCUT2D eigenvalue weighted by molar-refractivity contribution is -0.138. The Morgan fingerprint density at radius 3 is 2.67 bits per heavy atom. The molecule has 1 atom stereocenters. The molecule has 1 heterocycles. The molecule has 1 aromatic carbocycles. The largest absolute Gasteiger partial charge is 0.480 e. The number of nitrogens with two attached hydrogens (primary N) is 1. The predicted molar refractivity (Wildman–Crippen MR) is 70.4 cm³/mol. The van der Waals surface area contributed by atoms with Gasteiger partial charge in [-0.05, 0) is 18.6 Å². The first-order chi connectivity index (χ1) is 8.60. The number of carbonyl (C=O) groups is 1. The van der Waals surface area contributed by atoms with Gasteiger partial charge in [0.05, 0.1) is 0 Å². The summed E-state index contributed by atoms with van der Waals surface area (Å²) in [5, 5.41) is 17.3. The Kier molecular flexibility index (Phi) is 5.35. The van der Waals surface area contributed by atoms with Crippen LogP contribution in [-0.2, 0) is 11.2 Å². The summed E-state index contributed by atoms with van der Waals surface area (Å²) >= 11 is 0. The summed E-state index contributed by atoms with van der Waals surface area (Å²) in [5.41, 5.74) is 7.43. The van der Waals surface area contributed by atoms with E-state index in [0.29, 0.717) is 6.42 Å². The summed E-state index contributed by atoms with van der Waals surface area (Å²) < 4.78 is 0. The van der Waals surface area contributed by atoms with Gasteiger partial charge in [-0.3, -0.25) is 4.79 Å². The number of nitrogens with one attached hydrogen (secondary N) is 1. The minimum Gasteiger partial charge on any atom is -0.480 e. The number of aromatic nitrogens is 1. The van der Waals surface area contributed by atoms with Crippen LogP contribution in [0.2, 0.25) is 0 Å². The van der Waals surface area contributed by atoms with Crippen molar-refractivity contribution >= 4 is 16.9 Å². The van der Waals surface area contributed by atoms with Crippen LogP contribution in [0.4, 0.5) is 0 Å². The van der Waals surface area contributed by atoms with Crippen LogP contribution in [0.15, 0.2) is 30.5 Å². The van der Waals surface area contributed by atoms with Crippen LogP contribution in [0, 0.1) is 0 Å². The Balaban J connectivity index is 0.000000492. The van der Waals surface area contributed by atoms with Crippen LogP contribution in [0.5, 0.6) is 0 Å². The van der Waals surface area contributed by atoms with Gasteiger partial charge in [0.15, 0.2) is 0 Å². The van der Waals surface area contributed by atoms with Crippen LogP contribution >= 0.6 is 0 Å². The quantitative estimate of drug-likeness (QED) is 0.656. The van der Waals surface area contributed by atoms with Crippen molar-refractivity contribution < 1.29 is 15.0 Å². The van der Waals surface area contributed by atoms with Crippen molar-refractivity contribution in [2.24, 2.45) is 5.73 Å². The lowest BCUT2D eigenvalue weighted by Gasteiger charge is -2.04. The number of benzene rings is 1. The second-order valence-corrected chi connectivity index (χ2v) is 3.82. The van der Waals surface area contributed by atoms with Gasteiger partial charge in [-0.2, -0.15) is 0 Å². The zero-order chi connectivity index (χ0) is 13.5. The van der Waals surface area contributed by atoms with Gasteiger partial charge >= 0.3 is 5.97 Å². The number of fused-ring (bicyclic) bond motifs is 1. The molecule has 0 aliphatic rings. The molecule has 0 spiro atoms. The van der Waals surface area contributed by atoms with Gasteiger partial charge in [-0.1, -0.05) is 18.2 Å². The Morgan fingerprint density at radius 2 is 2.06 bits per heavy atom. The maximum absolute atomic E-state index is 10.6. The van der Waals surface area contributed by atoms with Gasteiger partial charge in [0.1, 0.15) is 6.04 Å². The molecule has 5 nitrogen and oxygen atoms in total. The Hall–Kier alpha value is -1.85. The zero-order valence-corrected chi connectivity index (χ0v) is 10.3. The smallest absolute Gasteiger partial charge is 0.320 e. The zero-order valence-electron chi connectivity index (χ0n) is 10.3. The van der Waals surface area contributed by atoms with E-state index in [9.17, 15) is 4.79 Å². The lowest BCUT2D eigenvalue weighted by Crippen LogP contribution is -2.32. The SMILES string of the molecule is CCO.NC(Cc1c[nH]c2ccccc12)C(=O)O. The van der Waals surface area contributed by atoms with E-state index in [2.05, 4.69) is 4.98 Å². The molecule has 98 valence electrons. The molecule has 0 saturated heterocycles. The highest BCUT2D eigenvalue weighted by atomic mass is 16.4. The van der Waals surface area contributed by atoms with E-state index in [1.807, 2.05) is 30.5 Å². The summed E-state index contributed by atoms with van der Waals surface area (Å²) in [7, 11) is 0. The molecule has 2 aromatic rings. The van der Waals surface area contributed by atoms with E-state index in [4.69, 9.17) is 15.9 Å². The van der Waals surface area contributed by atoms with Gasteiger partial charge in [0.25, 0.3) is 0 Å². The standard InChI is InChI=1S/C11H12N2O2.C2H6O/c12-9(11(14)15)5-7-6-13-10-4-2-1-3-8(7)10;1-2-3/h1-4,6,9,13H,5,12H2,(H,14,15);3H,2H2,1H3. The molecule has 1 unspecified atom stereocenters. The first-order valence-corrected chi connectivity index (χ1v) is 5.74. The van der Waals surface area contributed by atoms with Crippen LogP contribution in [0.25, 0.3) is 10.9 Å². The Bertz CT molecular complexity index is 508. The third-order valence-electron chi connectivity index (χ3n) is 2.43. The number of rotatable bonds is 3. The minimum absolute atomic E-state index is 0.250. The predicted octanol–water partition coefficient (Wildman–Crippen LogP) is 1.12. The molecule has 5 heteroatoms. The van der Waals surface area contributed by atoms with Gasteiger partial charge < -0.3 is 20.9 Å². The van der Waals surface area contributed by atoms with E-state index in [-0.39, 0.29) is 6.61 Å². The molecule has 0 aliphatic heterocycles. The molecule has 0 aliphatic carbocycles. The summed E-state index contributed by atoms with van der Waals surface area (Å²) in [5.74, 6) is -0.972. The summed E-state index contributed by atoms with van der Waals surface area (Å²) in [6.07, 6.45) is 2.16. The highest BCUT2D eigenvalue weighted by Gasteiger charge is 2.14. The number of H-pyrrole nitrogens is 1. The number of aliphatic carboxylic acids is 1. The van der Waals surface area contributed by atoms with E-state index in [1.165, 1.54) is 0 Å². The van der Waals surface area contributed by atoms with Crippen LogP contribution in [0.3, 0.4) is 0 Å². The third kappa shape index (κ3) is 3.58. The van der Waals surface area contributed by atoms with Crippen molar-refractivity contribution in [2.75, 3.05) is 6.61 Å². The highest BCUT2D eigenvalue weighted by Crippen LogP contribution is 2.18. The summed E-state index contributed by atoms with van der Waals surface area (Å²) in [4.78, 5) is 13.7. The van der Waals surface area contributed by atoms with Crippen molar-refractivity contribution in [2.45, 2.75) is 19.4 Å². The Labute approximate surface area is 105 Å². The van der Waals surface area contributed by atoms with Crippen LogP contribution in [-0.4, -0.2) is 33.8 Å². The molecule has 0 radical (unpaired) electrons. The monoisotopic (exact) mass is 250 g/mol. The second kappa shape index (κ2) is 6.78. The van der Waals surface area contributed by atoms with Gasteiger partial charge in [0.2, 0.25) is 0 Å². The molecule has 1 aromatic heterocycles. The first kappa shape index (κ1) is 14.2. The summed E-state index contributed by atoms with van der Waals surface area (Å²) in [6, 6.07) is 6.91. The lowest BCUT2D eigenvalue weighted by atomic mass is 10.1. The number of hydrogen-bond acceptors (Lipinski definition) is 3. The average molecular weight is 250 g/mol. The first-order valence-electron chi connectivity index (χ1n) is 5.74. The van der Waals surface area contributed by atoms with E-state index in [1.54, 1.807) is 6.92 Å². The molecule has 0 bridgehead atoms. The number of para-hydroxylation sites is 1. The minimum atomic E-state index is -0.972. The molecule has 0 fully saturated rings. The molecule has 0 amide bonds. The molecule has 5 N–H and O–H groups in total. The molecule has 18 heavy (non-hydrogen) atoms. The van der Waals surface area contributed by atoms with Gasteiger partial charge in [-0.25, -0.2) is 0 Å². The summed E-state index contributed by atoms with van der Waals surface area (Å²) in [6.45, 7) is 1.93. The number of aliphatic hydroxyl groups excluding tert-OH is 1. The molecular weight excluding hydrogens is 232 g/mol. The normalized spacial score (nSPS) is 11.7. The van der Waals surface area contributed by atoms with Crippen molar-refractivity contribution in [1.82, 2.24) is 4.98 Å². The van der Waals surface area contributed by atoms with Crippen LogP contribution < -0.4 is 5.73 Å². The fourth-order valence-corrected chi connectivity index (χ4v) is 1.62. The van der Waals surface area contributed by atoms with E-state index >= 15 is 0 Å². The fraction of sp³-hybridized carbons (Fsp3) is 0.308. The average Bonchev–Trinajstić information content (AvgIpc) is 2.74. The van der Waals surface area contributed by atoms with Crippen molar-refractivity contribution in [3.05, 3.63) is 36.0 Å². The number of carboxylic acids is 1. The topological polar surface area (TPSA) is 99.3 Å². The maximum atomic E-state index is 10.6. The molecular formula is C13H18N2O3. The van der Waals surface area contributed by atoms with E-state index in [0.717, 1.165) is 16.5 Å². The maximum Gasteiger partial charge on any atom is 0.320 e. The number of carboxylic acid groups (broad SMARTS) is 1. The van der Waals surface area contributed by atoms with Gasteiger partial charge in [-0.15, -0.1) is 0 Å². The third-order valence-corrected chi connectivity index (χ3v) is 2.43. The number of aliphatic hydroxyl groups is 1. The molecule has 2 rings (SSSR count).